The molecule has 1 saturated heterocycles. The van der Waals surface area contributed by atoms with Gasteiger partial charge in [0.2, 0.25) is 11.7 Å². The molecule has 0 amide bonds. The van der Waals surface area contributed by atoms with Crippen LogP contribution in [-0.4, -0.2) is 41.3 Å². The first-order valence-electron chi connectivity index (χ1n) is 9.07. The molecule has 2 aliphatic rings. The fraction of sp³-hybridized carbons (Fsp3) is 0.579. The summed E-state index contributed by atoms with van der Waals surface area (Å²) in [5, 5.41) is 4.86. The van der Waals surface area contributed by atoms with E-state index in [-0.39, 0.29) is 6.04 Å². The lowest BCUT2D eigenvalue weighted by atomic mass is 9.86. The highest BCUT2D eigenvalue weighted by Crippen LogP contribution is 2.41. The van der Waals surface area contributed by atoms with Gasteiger partial charge in [-0.1, -0.05) is 29.6 Å². The van der Waals surface area contributed by atoms with Gasteiger partial charge in [0.25, 0.3) is 0 Å². The van der Waals surface area contributed by atoms with Crippen molar-refractivity contribution in [3.63, 3.8) is 0 Å². The Morgan fingerprint density at radius 3 is 2.72 bits per heavy atom. The minimum Gasteiger partial charge on any atom is -0.379 e. The molecule has 0 radical (unpaired) electrons. The van der Waals surface area contributed by atoms with E-state index < -0.39 is 0 Å². The minimum absolute atomic E-state index is 0.0905. The molecule has 2 fully saturated rings. The van der Waals surface area contributed by atoms with Crippen molar-refractivity contribution in [3.8, 4) is 11.4 Å². The zero-order valence-corrected chi connectivity index (χ0v) is 15.3. The number of hydrogen-bond donors (Lipinski definition) is 0. The lowest BCUT2D eigenvalue weighted by molar-refractivity contribution is 0.0687. The summed E-state index contributed by atoms with van der Waals surface area (Å²) >= 11 is 5.95. The van der Waals surface area contributed by atoms with Crippen LogP contribution >= 0.6 is 11.6 Å². The third-order valence-electron chi connectivity index (χ3n) is 5.58. The van der Waals surface area contributed by atoms with Crippen LogP contribution in [-0.2, 0) is 4.74 Å². The summed E-state index contributed by atoms with van der Waals surface area (Å²) in [5.74, 6) is 1.28. The van der Waals surface area contributed by atoms with Crippen molar-refractivity contribution >= 4 is 11.6 Å². The molecule has 1 saturated carbocycles. The third kappa shape index (κ3) is 3.59. The molecule has 25 heavy (non-hydrogen) atoms. The van der Waals surface area contributed by atoms with Gasteiger partial charge in [0.1, 0.15) is 0 Å². The van der Waals surface area contributed by atoms with Crippen molar-refractivity contribution < 1.29 is 9.26 Å². The summed E-state index contributed by atoms with van der Waals surface area (Å²) in [7, 11) is 0. The average Bonchev–Trinajstić information content (AvgIpc) is 3.23. The van der Waals surface area contributed by atoms with E-state index in [0.29, 0.717) is 22.2 Å². The van der Waals surface area contributed by atoms with Crippen LogP contribution in [0.2, 0.25) is 5.02 Å². The number of ether oxygens (including phenoxy) is 1. The normalized spacial score (nSPS) is 22.2. The molecule has 1 spiro atoms. The second kappa shape index (κ2) is 7.06. The Morgan fingerprint density at radius 1 is 1.20 bits per heavy atom. The molecule has 2 heterocycles. The van der Waals surface area contributed by atoms with Crippen LogP contribution in [0.15, 0.2) is 28.8 Å². The van der Waals surface area contributed by atoms with Crippen LogP contribution in [0, 0.1) is 5.41 Å². The Morgan fingerprint density at radius 2 is 1.96 bits per heavy atom. The number of nitrogens with zero attached hydrogens (tertiary/aromatic N) is 3. The van der Waals surface area contributed by atoms with Gasteiger partial charge in [-0.2, -0.15) is 4.98 Å². The van der Waals surface area contributed by atoms with Crippen LogP contribution in [0.1, 0.15) is 44.5 Å². The number of halogens is 1. The maximum absolute atomic E-state index is 5.95. The van der Waals surface area contributed by atoms with Gasteiger partial charge < -0.3 is 9.26 Å². The van der Waals surface area contributed by atoms with E-state index in [0.717, 1.165) is 31.9 Å². The Hall–Kier alpha value is -1.43. The molecule has 1 unspecified atom stereocenters. The maximum atomic E-state index is 5.95. The lowest BCUT2D eigenvalue weighted by Crippen LogP contribution is -2.38. The number of benzene rings is 1. The first-order chi connectivity index (χ1) is 12.2. The van der Waals surface area contributed by atoms with Gasteiger partial charge in [-0.3, -0.25) is 4.90 Å². The van der Waals surface area contributed by atoms with Crippen LogP contribution in [0.5, 0.6) is 0 Å². The van der Waals surface area contributed by atoms with Crippen molar-refractivity contribution in [3.05, 3.63) is 35.2 Å². The molecule has 1 aliphatic carbocycles. The molecule has 4 rings (SSSR count). The first kappa shape index (κ1) is 17.0. The monoisotopic (exact) mass is 361 g/mol. The highest BCUT2D eigenvalue weighted by molar-refractivity contribution is 6.30. The highest BCUT2D eigenvalue weighted by atomic mass is 35.5. The van der Waals surface area contributed by atoms with E-state index in [1.165, 1.54) is 25.7 Å². The van der Waals surface area contributed by atoms with Crippen molar-refractivity contribution in [1.29, 1.82) is 0 Å². The topological polar surface area (TPSA) is 51.4 Å². The van der Waals surface area contributed by atoms with Crippen molar-refractivity contribution in [1.82, 2.24) is 15.0 Å². The van der Waals surface area contributed by atoms with Gasteiger partial charge in [0, 0.05) is 29.1 Å². The van der Waals surface area contributed by atoms with E-state index in [9.17, 15) is 0 Å². The van der Waals surface area contributed by atoms with Crippen LogP contribution in [0.3, 0.4) is 0 Å². The van der Waals surface area contributed by atoms with Crippen LogP contribution < -0.4 is 0 Å². The Bertz CT molecular complexity index is 710. The molecule has 1 aromatic heterocycles. The van der Waals surface area contributed by atoms with E-state index >= 15 is 0 Å². The molecular formula is C19H24ClN3O2. The van der Waals surface area contributed by atoms with E-state index in [1.54, 1.807) is 0 Å². The number of rotatable bonds is 3. The molecule has 6 heteroatoms. The quantitative estimate of drug-likeness (QED) is 0.813. The molecule has 1 aromatic carbocycles. The summed E-state index contributed by atoms with van der Waals surface area (Å²) in [4.78, 5) is 7.07. The smallest absolute Gasteiger partial charge is 0.244 e. The minimum atomic E-state index is 0.0905. The predicted octanol–water partition coefficient (Wildman–Crippen LogP) is 4.34. The maximum Gasteiger partial charge on any atom is 0.244 e. The molecule has 0 N–H and O–H groups in total. The average molecular weight is 362 g/mol. The largest absolute Gasteiger partial charge is 0.379 e. The second-order valence-corrected chi connectivity index (χ2v) is 7.81. The lowest BCUT2D eigenvalue weighted by Gasteiger charge is -2.33. The summed E-state index contributed by atoms with van der Waals surface area (Å²) in [6.07, 6.45) is 5.14. The number of aromatic nitrogens is 2. The zero-order chi connectivity index (χ0) is 17.3. The Labute approximate surface area is 153 Å². The van der Waals surface area contributed by atoms with Gasteiger partial charge in [-0.15, -0.1) is 0 Å². The van der Waals surface area contributed by atoms with Gasteiger partial charge in [0.05, 0.1) is 19.3 Å². The van der Waals surface area contributed by atoms with Crippen molar-refractivity contribution in [2.45, 2.75) is 38.6 Å². The standard InChI is InChI=1S/C19H24ClN3O2/c1-14(23-10-11-24-13-19(12-23)8-2-3-9-19)18-21-17(22-25-18)15-4-6-16(20)7-5-15/h4-7,14H,2-3,8-13H2,1H3. The van der Waals surface area contributed by atoms with Crippen molar-refractivity contribution in [2.24, 2.45) is 5.41 Å². The van der Waals surface area contributed by atoms with Gasteiger partial charge in [-0.05, 0) is 44.0 Å². The van der Waals surface area contributed by atoms with Crippen LogP contribution in [0.25, 0.3) is 11.4 Å². The van der Waals surface area contributed by atoms with E-state index in [4.69, 9.17) is 20.9 Å². The fourth-order valence-electron chi connectivity index (χ4n) is 4.06. The molecule has 1 aliphatic heterocycles. The van der Waals surface area contributed by atoms with Gasteiger partial charge in [0.15, 0.2) is 0 Å². The third-order valence-corrected chi connectivity index (χ3v) is 5.84. The second-order valence-electron chi connectivity index (χ2n) is 7.37. The first-order valence-corrected chi connectivity index (χ1v) is 9.44. The molecule has 5 nitrogen and oxygen atoms in total. The zero-order valence-electron chi connectivity index (χ0n) is 14.6. The molecule has 1 atom stereocenters. The van der Waals surface area contributed by atoms with Crippen LogP contribution in [0.4, 0.5) is 0 Å². The van der Waals surface area contributed by atoms with Crippen molar-refractivity contribution in [2.75, 3.05) is 26.3 Å². The molecular weight excluding hydrogens is 338 g/mol. The van der Waals surface area contributed by atoms with Gasteiger partial charge >= 0.3 is 0 Å². The van der Waals surface area contributed by atoms with E-state index in [1.807, 2.05) is 24.3 Å². The molecule has 2 aromatic rings. The Kier molecular flexibility index (Phi) is 4.80. The molecule has 0 bridgehead atoms. The summed E-state index contributed by atoms with van der Waals surface area (Å²) in [6, 6.07) is 7.59. The Balaban J connectivity index is 1.52. The summed E-state index contributed by atoms with van der Waals surface area (Å²) in [5.41, 5.74) is 1.22. The fourth-order valence-corrected chi connectivity index (χ4v) is 4.19. The predicted molar refractivity (Wildman–Crippen MR) is 96.5 cm³/mol. The highest BCUT2D eigenvalue weighted by Gasteiger charge is 2.39. The summed E-state index contributed by atoms with van der Waals surface area (Å²) in [6.45, 7) is 5.75. The SMILES string of the molecule is CC(c1nc(-c2ccc(Cl)cc2)no1)N1CCOCC2(CCCC2)C1. The van der Waals surface area contributed by atoms with E-state index in [2.05, 4.69) is 22.0 Å². The van der Waals surface area contributed by atoms with Gasteiger partial charge in [-0.25, -0.2) is 0 Å². The molecule has 134 valence electrons. The number of hydrogen-bond acceptors (Lipinski definition) is 5. The summed E-state index contributed by atoms with van der Waals surface area (Å²) < 4.78 is 11.5.